The van der Waals surface area contributed by atoms with Gasteiger partial charge in [0.1, 0.15) is 5.69 Å². The minimum absolute atomic E-state index is 0.432. The number of esters is 1. The maximum atomic E-state index is 12.7. The zero-order chi connectivity index (χ0) is 23.0. The number of benzene rings is 2. The highest BCUT2D eigenvalue weighted by molar-refractivity contribution is 5.95. The van der Waals surface area contributed by atoms with Crippen LogP contribution in [0.1, 0.15) is 17.2 Å². The second kappa shape index (κ2) is 10.2. The van der Waals surface area contributed by atoms with Crippen LogP contribution in [0, 0.1) is 0 Å². The van der Waals surface area contributed by atoms with E-state index in [-0.39, 0.29) is 0 Å². The van der Waals surface area contributed by atoms with E-state index in [1.54, 1.807) is 47.4 Å². The Morgan fingerprint density at radius 3 is 2.39 bits per heavy atom. The van der Waals surface area contributed by atoms with Crippen LogP contribution in [-0.2, 0) is 14.3 Å². The average molecular weight is 438 g/mol. The molecule has 0 saturated carbocycles. The molecule has 1 amide bonds. The van der Waals surface area contributed by atoms with Gasteiger partial charge in [-0.15, -0.1) is 0 Å². The molecule has 0 spiro atoms. The van der Waals surface area contributed by atoms with Gasteiger partial charge in [-0.1, -0.05) is 48.5 Å². The van der Waals surface area contributed by atoms with E-state index in [2.05, 4.69) is 10.3 Å². The predicted molar refractivity (Wildman–Crippen MR) is 125 cm³/mol. The fourth-order valence-electron chi connectivity index (χ4n) is 3.35. The molecule has 0 aliphatic heterocycles. The fourth-order valence-corrected chi connectivity index (χ4v) is 3.35. The molecule has 33 heavy (non-hydrogen) atoms. The van der Waals surface area contributed by atoms with Crippen molar-refractivity contribution in [3.05, 3.63) is 109 Å². The summed E-state index contributed by atoms with van der Waals surface area (Å²) in [5.74, 6) is -0.977. The molecule has 0 fully saturated rings. The molecule has 164 valence electrons. The van der Waals surface area contributed by atoms with Crippen molar-refractivity contribution in [2.75, 3.05) is 7.11 Å². The van der Waals surface area contributed by atoms with Gasteiger partial charge in [0, 0.05) is 35.8 Å². The number of methoxy groups -OCH3 is 1. The summed E-state index contributed by atoms with van der Waals surface area (Å²) < 4.78 is 6.61. The molecule has 0 aliphatic carbocycles. The van der Waals surface area contributed by atoms with Gasteiger partial charge in [0.25, 0.3) is 0 Å². The number of hydrogen-bond donors (Lipinski definition) is 1. The number of pyridine rings is 1. The van der Waals surface area contributed by atoms with Crippen LogP contribution >= 0.6 is 0 Å². The van der Waals surface area contributed by atoms with Gasteiger partial charge in [-0.3, -0.25) is 9.78 Å². The summed E-state index contributed by atoms with van der Waals surface area (Å²) in [5, 5.41) is 7.41. The Morgan fingerprint density at radius 1 is 1.00 bits per heavy atom. The summed E-state index contributed by atoms with van der Waals surface area (Å²) in [6.45, 7) is 0. The maximum absolute atomic E-state index is 12.7. The quantitative estimate of drug-likeness (QED) is 0.348. The molecule has 7 nitrogen and oxygen atoms in total. The van der Waals surface area contributed by atoms with E-state index in [0.717, 1.165) is 16.8 Å². The molecule has 2 aromatic heterocycles. The molecule has 0 saturated heterocycles. The number of hydrogen-bond acceptors (Lipinski definition) is 5. The lowest BCUT2D eigenvalue weighted by Gasteiger charge is -2.15. The molecule has 0 bridgehead atoms. The van der Waals surface area contributed by atoms with Gasteiger partial charge in [0.05, 0.1) is 12.8 Å². The Balaban J connectivity index is 1.62. The number of nitrogens with zero attached hydrogens (tertiary/aromatic N) is 3. The van der Waals surface area contributed by atoms with E-state index in [1.165, 1.54) is 13.2 Å². The maximum Gasteiger partial charge on any atom is 0.333 e. The number of nitrogens with one attached hydrogen (secondary N) is 1. The number of amides is 1. The topological polar surface area (TPSA) is 86.1 Å². The third-order valence-corrected chi connectivity index (χ3v) is 4.97. The zero-order valence-electron chi connectivity index (χ0n) is 18.0. The average Bonchev–Trinajstić information content (AvgIpc) is 3.31. The van der Waals surface area contributed by atoms with E-state index in [4.69, 9.17) is 9.84 Å². The molecule has 0 radical (unpaired) electrons. The SMILES string of the molecule is COC(=O)C(NC(=O)/C=C/c1cn(-c2ccccc2)nc1-c1cccnc1)c1ccccc1. The van der Waals surface area contributed by atoms with Crippen molar-refractivity contribution in [1.29, 1.82) is 0 Å². The summed E-state index contributed by atoms with van der Waals surface area (Å²) in [6, 6.07) is 21.5. The third kappa shape index (κ3) is 5.22. The van der Waals surface area contributed by atoms with E-state index in [9.17, 15) is 9.59 Å². The Labute approximate surface area is 191 Å². The first kappa shape index (κ1) is 21.7. The number of rotatable bonds is 7. The van der Waals surface area contributed by atoms with Gasteiger partial charge in [0.15, 0.2) is 6.04 Å². The van der Waals surface area contributed by atoms with E-state index in [1.807, 2.05) is 54.7 Å². The summed E-state index contributed by atoms with van der Waals surface area (Å²) in [6.07, 6.45) is 8.31. The van der Waals surface area contributed by atoms with Crippen LogP contribution in [0.3, 0.4) is 0 Å². The van der Waals surface area contributed by atoms with Crippen LogP contribution in [0.15, 0.2) is 97.5 Å². The molecule has 1 unspecified atom stereocenters. The lowest BCUT2D eigenvalue weighted by Crippen LogP contribution is -2.33. The Kier molecular flexibility index (Phi) is 6.70. The second-order valence-electron chi connectivity index (χ2n) is 7.16. The number of aromatic nitrogens is 3. The van der Waals surface area contributed by atoms with Crippen molar-refractivity contribution >= 4 is 18.0 Å². The van der Waals surface area contributed by atoms with Crippen LogP contribution in [0.4, 0.5) is 0 Å². The summed E-state index contributed by atoms with van der Waals surface area (Å²) in [4.78, 5) is 29.1. The molecule has 0 aliphatic rings. The lowest BCUT2D eigenvalue weighted by atomic mass is 10.1. The molecule has 1 N–H and O–H groups in total. The van der Waals surface area contributed by atoms with Gasteiger partial charge < -0.3 is 10.1 Å². The Bertz CT molecular complexity index is 1250. The summed E-state index contributed by atoms with van der Waals surface area (Å²) >= 11 is 0. The number of carbonyl (C=O) groups is 2. The molecule has 1 atom stereocenters. The Hall–Kier alpha value is -4.52. The molecule has 2 heterocycles. The zero-order valence-corrected chi connectivity index (χ0v) is 18.0. The molecule has 4 aromatic rings. The monoisotopic (exact) mass is 438 g/mol. The van der Waals surface area contributed by atoms with Crippen molar-refractivity contribution in [3.8, 4) is 16.9 Å². The van der Waals surface area contributed by atoms with Crippen molar-refractivity contribution < 1.29 is 14.3 Å². The van der Waals surface area contributed by atoms with Crippen LogP contribution in [0.25, 0.3) is 23.0 Å². The van der Waals surface area contributed by atoms with Crippen LogP contribution < -0.4 is 5.32 Å². The van der Waals surface area contributed by atoms with Gasteiger partial charge in [-0.05, 0) is 35.9 Å². The third-order valence-electron chi connectivity index (χ3n) is 4.97. The van der Waals surface area contributed by atoms with Crippen molar-refractivity contribution in [1.82, 2.24) is 20.1 Å². The predicted octanol–water partition coefficient (Wildman–Crippen LogP) is 3.98. The first-order chi connectivity index (χ1) is 16.2. The highest BCUT2D eigenvalue weighted by atomic mass is 16.5. The molecular weight excluding hydrogens is 416 g/mol. The molecule has 2 aromatic carbocycles. The first-order valence-electron chi connectivity index (χ1n) is 10.3. The Morgan fingerprint density at radius 2 is 1.73 bits per heavy atom. The fraction of sp³-hybridized carbons (Fsp3) is 0.0769. The van der Waals surface area contributed by atoms with E-state index in [0.29, 0.717) is 11.3 Å². The molecular formula is C26H22N4O3. The largest absolute Gasteiger partial charge is 0.467 e. The smallest absolute Gasteiger partial charge is 0.333 e. The highest BCUT2D eigenvalue weighted by Gasteiger charge is 2.22. The van der Waals surface area contributed by atoms with Gasteiger partial charge in [0.2, 0.25) is 5.91 Å². The highest BCUT2D eigenvalue weighted by Crippen LogP contribution is 2.24. The standard InChI is InChI=1S/C26H22N4O3/c1-33-26(32)25(19-9-4-2-5-10-19)28-23(31)15-14-21-18-30(22-12-6-3-7-13-22)29-24(21)20-11-8-16-27-17-20/h2-18,25H,1H3,(H,28,31)/b15-14+. The normalized spacial score (nSPS) is 11.8. The van der Waals surface area contributed by atoms with E-state index >= 15 is 0 Å². The van der Waals surface area contributed by atoms with Crippen LogP contribution in [0.5, 0.6) is 0 Å². The summed E-state index contributed by atoms with van der Waals surface area (Å²) in [7, 11) is 1.29. The minimum Gasteiger partial charge on any atom is -0.467 e. The van der Waals surface area contributed by atoms with Gasteiger partial charge in [-0.25, -0.2) is 9.48 Å². The summed E-state index contributed by atoms with van der Waals surface area (Å²) in [5.41, 5.74) is 3.77. The van der Waals surface area contributed by atoms with Crippen LogP contribution in [0.2, 0.25) is 0 Å². The van der Waals surface area contributed by atoms with Crippen molar-refractivity contribution in [2.45, 2.75) is 6.04 Å². The second-order valence-corrected chi connectivity index (χ2v) is 7.16. The van der Waals surface area contributed by atoms with E-state index < -0.39 is 17.9 Å². The van der Waals surface area contributed by atoms with Crippen LogP contribution in [-0.4, -0.2) is 33.8 Å². The number of para-hydroxylation sites is 1. The van der Waals surface area contributed by atoms with Gasteiger partial charge >= 0.3 is 5.97 Å². The molecule has 4 rings (SSSR count). The minimum atomic E-state index is -0.904. The van der Waals surface area contributed by atoms with Crippen molar-refractivity contribution in [2.24, 2.45) is 0 Å². The van der Waals surface area contributed by atoms with Crippen molar-refractivity contribution in [3.63, 3.8) is 0 Å². The van der Waals surface area contributed by atoms with Gasteiger partial charge in [-0.2, -0.15) is 5.10 Å². The lowest BCUT2D eigenvalue weighted by molar-refractivity contribution is -0.144. The molecule has 7 heteroatoms. The number of ether oxygens (including phenoxy) is 1. The first-order valence-corrected chi connectivity index (χ1v) is 10.3. The number of carbonyl (C=O) groups excluding carboxylic acids is 2.